The van der Waals surface area contributed by atoms with Gasteiger partial charge in [-0.15, -0.1) is 0 Å². The molecule has 0 saturated carbocycles. The monoisotopic (exact) mass is 223 g/mol. The van der Waals surface area contributed by atoms with Crippen molar-refractivity contribution in [1.82, 2.24) is 9.47 Å². The molecule has 1 aromatic heterocycles. The molecule has 0 unspecified atom stereocenters. The number of nitrogens with two attached hydrogens (primary N) is 1. The number of carbonyl (C=O) groups is 1. The minimum atomic E-state index is -0.322. The third-order valence-corrected chi connectivity index (χ3v) is 2.46. The minimum Gasteiger partial charge on any atom is -0.448 e. The second-order valence-electron chi connectivity index (χ2n) is 3.60. The van der Waals surface area contributed by atoms with Gasteiger partial charge in [0.15, 0.2) is 0 Å². The third-order valence-electron chi connectivity index (χ3n) is 2.46. The van der Waals surface area contributed by atoms with E-state index in [0.29, 0.717) is 31.9 Å². The Hall–Kier alpha value is -1.98. The Morgan fingerprint density at radius 3 is 2.81 bits per heavy atom. The van der Waals surface area contributed by atoms with Gasteiger partial charge in [0.25, 0.3) is 5.56 Å². The number of nitrogens with zero attached hydrogens (tertiary/aromatic N) is 2. The predicted octanol–water partition coefficient (Wildman–Crippen LogP) is -0.117. The van der Waals surface area contributed by atoms with Gasteiger partial charge in [0.1, 0.15) is 6.61 Å². The molecule has 2 heterocycles. The van der Waals surface area contributed by atoms with Gasteiger partial charge in [0, 0.05) is 31.0 Å². The number of ether oxygens (including phenoxy) is 1. The fourth-order valence-electron chi connectivity index (χ4n) is 1.58. The summed E-state index contributed by atoms with van der Waals surface area (Å²) in [6, 6.07) is 2.97. The zero-order chi connectivity index (χ0) is 11.5. The molecule has 2 rings (SSSR count). The van der Waals surface area contributed by atoms with Crippen molar-refractivity contribution < 1.29 is 9.53 Å². The molecule has 0 aliphatic carbocycles. The van der Waals surface area contributed by atoms with Crippen LogP contribution in [0.3, 0.4) is 0 Å². The molecule has 0 aromatic carbocycles. The number of rotatable bonds is 3. The molecule has 1 amide bonds. The van der Waals surface area contributed by atoms with Crippen LogP contribution in [0.25, 0.3) is 0 Å². The predicted molar refractivity (Wildman–Crippen MR) is 58.0 cm³/mol. The molecule has 16 heavy (non-hydrogen) atoms. The van der Waals surface area contributed by atoms with Crippen LogP contribution in [0.5, 0.6) is 0 Å². The highest BCUT2D eigenvalue weighted by molar-refractivity contribution is 5.69. The first kappa shape index (κ1) is 10.5. The highest BCUT2D eigenvalue weighted by Gasteiger charge is 2.21. The summed E-state index contributed by atoms with van der Waals surface area (Å²) in [5.74, 6) is 0. The molecule has 1 saturated heterocycles. The Morgan fingerprint density at radius 2 is 2.12 bits per heavy atom. The van der Waals surface area contributed by atoms with E-state index in [-0.39, 0.29) is 11.7 Å². The van der Waals surface area contributed by atoms with Gasteiger partial charge in [0.2, 0.25) is 0 Å². The van der Waals surface area contributed by atoms with Gasteiger partial charge in [0.05, 0.1) is 6.54 Å². The van der Waals surface area contributed by atoms with Crippen molar-refractivity contribution in [3.05, 3.63) is 28.7 Å². The quantitative estimate of drug-likeness (QED) is 0.775. The Morgan fingerprint density at radius 1 is 1.31 bits per heavy atom. The smallest absolute Gasteiger partial charge is 0.410 e. The van der Waals surface area contributed by atoms with Gasteiger partial charge in [-0.05, 0) is 6.07 Å². The van der Waals surface area contributed by atoms with Crippen LogP contribution in [-0.4, -0.2) is 35.3 Å². The average Bonchev–Trinajstić information content (AvgIpc) is 2.66. The summed E-state index contributed by atoms with van der Waals surface area (Å²) in [6.45, 7) is 1.89. The standard InChI is InChI=1S/C10H13N3O3/c11-8-1-2-9(14)13(7-8)4-3-12-5-6-16-10(12)15/h1-2,7H,3-6,11H2. The summed E-state index contributed by atoms with van der Waals surface area (Å²) in [5.41, 5.74) is 5.98. The maximum atomic E-state index is 11.4. The van der Waals surface area contributed by atoms with Crippen molar-refractivity contribution in [2.24, 2.45) is 0 Å². The first-order valence-electron chi connectivity index (χ1n) is 5.04. The molecule has 6 heteroatoms. The van der Waals surface area contributed by atoms with Crippen molar-refractivity contribution in [3.63, 3.8) is 0 Å². The van der Waals surface area contributed by atoms with Gasteiger partial charge in [-0.2, -0.15) is 0 Å². The molecular weight excluding hydrogens is 210 g/mol. The van der Waals surface area contributed by atoms with E-state index < -0.39 is 0 Å². The summed E-state index contributed by atoms with van der Waals surface area (Å²) in [4.78, 5) is 24.1. The van der Waals surface area contributed by atoms with E-state index in [0.717, 1.165) is 0 Å². The zero-order valence-corrected chi connectivity index (χ0v) is 8.76. The van der Waals surface area contributed by atoms with E-state index in [9.17, 15) is 9.59 Å². The van der Waals surface area contributed by atoms with Gasteiger partial charge < -0.3 is 19.9 Å². The number of hydrogen-bond acceptors (Lipinski definition) is 4. The molecule has 0 radical (unpaired) electrons. The Labute approximate surface area is 92.2 Å². The molecule has 2 N–H and O–H groups in total. The largest absolute Gasteiger partial charge is 0.448 e. The van der Waals surface area contributed by atoms with Crippen LogP contribution in [0.1, 0.15) is 0 Å². The highest BCUT2D eigenvalue weighted by Crippen LogP contribution is 2.03. The molecule has 1 aliphatic rings. The Kier molecular flexibility index (Phi) is 2.80. The summed E-state index contributed by atoms with van der Waals surface area (Å²) in [5, 5.41) is 0. The van der Waals surface area contributed by atoms with Crippen molar-refractivity contribution in [3.8, 4) is 0 Å². The molecule has 86 valence electrons. The van der Waals surface area contributed by atoms with E-state index in [4.69, 9.17) is 10.5 Å². The second-order valence-corrected chi connectivity index (χ2v) is 3.60. The molecular formula is C10H13N3O3. The molecule has 0 atom stereocenters. The fourth-order valence-corrected chi connectivity index (χ4v) is 1.58. The number of carbonyl (C=O) groups excluding carboxylic acids is 1. The summed E-state index contributed by atoms with van der Waals surface area (Å²) < 4.78 is 6.27. The van der Waals surface area contributed by atoms with E-state index in [1.54, 1.807) is 17.2 Å². The number of cyclic esters (lactones) is 1. The lowest BCUT2D eigenvalue weighted by Gasteiger charge is -2.13. The lowest BCUT2D eigenvalue weighted by atomic mass is 10.4. The average molecular weight is 223 g/mol. The van der Waals surface area contributed by atoms with Crippen LogP contribution in [0.2, 0.25) is 0 Å². The summed E-state index contributed by atoms with van der Waals surface area (Å²) >= 11 is 0. The molecule has 1 aromatic rings. The van der Waals surface area contributed by atoms with E-state index in [2.05, 4.69) is 0 Å². The number of nitrogen functional groups attached to an aromatic ring is 1. The van der Waals surface area contributed by atoms with Gasteiger partial charge in [-0.3, -0.25) is 4.79 Å². The van der Waals surface area contributed by atoms with Crippen LogP contribution < -0.4 is 11.3 Å². The maximum absolute atomic E-state index is 11.4. The lowest BCUT2D eigenvalue weighted by molar-refractivity contribution is 0.157. The van der Waals surface area contributed by atoms with Crippen LogP contribution in [-0.2, 0) is 11.3 Å². The van der Waals surface area contributed by atoms with Crippen LogP contribution >= 0.6 is 0 Å². The SMILES string of the molecule is Nc1ccc(=O)n(CCN2CCOC2=O)c1. The minimum absolute atomic E-state index is 0.123. The number of hydrogen-bond donors (Lipinski definition) is 1. The van der Waals surface area contributed by atoms with Gasteiger partial charge >= 0.3 is 6.09 Å². The number of pyridine rings is 1. The molecule has 6 nitrogen and oxygen atoms in total. The number of anilines is 1. The molecule has 0 bridgehead atoms. The third kappa shape index (κ3) is 2.16. The molecule has 1 fully saturated rings. The van der Waals surface area contributed by atoms with Gasteiger partial charge in [-0.1, -0.05) is 0 Å². The fraction of sp³-hybridized carbons (Fsp3) is 0.400. The normalized spacial score (nSPS) is 15.2. The maximum Gasteiger partial charge on any atom is 0.410 e. The highest BCUT2D eigenvalue weighted by atomic mass is 16.6. The Bertz CT molecular complexity index is 455. The van der Waals surface area contributed by atoms with Crippen LogP contribution in [0, 0.1) is 0 Å². The van der Waals surface area contributed by atoms with Crippen molar-refractivity contribution in [2.75, 3.05) is 25.4 Å². The van der Waals surface area contributed by atoms with Gasteiger partial charge in [-0.25, -0.2) is 4.79 Å². The second kappa shape index (κ2) is 4.26. The van der Waals surface area contributed by atoms with Crippen molar-refractivity contribution in [2.45, 2.75) is 6.54 Å². The van der Waals surface area contributed by atoms with E-state index in [1.165, 1.54) is 10.6 Å². The zero-order valence-electron chi connectivity index (χ0n) is 8.76. The van der Waals surface area contributed by atoms with Crippen LogP contribution in [0.15, 0.2) is 23.1 Å². The van der Waals surface area contributed by atoms with E-state index in [1.807, 2.05) is 0 Å². The number of aromatic nitrogens is 1. The lowest BCUT2D eigenvalue weighted by Crippen LogP contribution is -2.31. The van der Waals surface area contributed by atoms with E-state index >= 15 is 0 Å². The molecule has 1 aliphatic heterocycles. The van der Waals surface area contributed by atoms with Crippen molar-refractivity contribution in [1.29, 1.82) is 0 Å². The Balaban J connectivity index is 2.01. The summed E-state index contributed by atoms with van der Waals surface area (Å²) in [6.07, 6.45) is 1.25. The summed E-state index contributed by atoms with van der Waals surface area (Å²) in [7, 11) is 0. The topological polar surface area (TPSA) is 77.6 Å². The first-order chi connectivity index (χ1) is 7.66. The van der Waals surface area contributed by atoms with Crippen LogP contribution in [0.4, 0.5) is 10.5 Å². The number of amides is 1. The first-order valence-corrected chi connectivity index (χ1v) is 5.04. The molecule has 0 spiro atoms. The van der Waals surface area contributed by atoms with Crippen molar-refractivity contribution >= 4 is 11.8 Å².